The van der Waals surface area contributed by atoms with E-state index < -0.39 is 0 Å². The van der Waals surface area contributed by atoms with E-state index in [9.17, 15) is 0 Å². The average Bonchev–Trinajstić information content (AvgIpc) is 2.77. The molecule has 5 nitrogen and oxygen atoms in total. The Hall–Kier alpha value is -2.83. The van der Waals surface area contributed by atoms with Gasteiger partial charge in [-0.3, -0.25) is 0 Å². The second kappa shape index (κ2) is 9.11. The van der Waals surface area contributed by atoms with Crippen molar-refractivity contribution in [2.75, 3.05) is 36.9 Å². The van der Waals surface area contributed by atoms with Crippen molar-refractivity contribution < 1.29 is 4.74 Å². The fourth-order valence-corrected chi connectivity index (χ4v) is 4.09. The van der Waals surface area contributed by atoms with E-state index in [-0.39, 0.29) is 0 Å². The summed E-state index contributed by atoms with van der Waals surface area (Å²) in [5, 5.41) is 0.903. The highest BCUT2D eigenvalue weighted by Crippen LogP contribution is 2.30. The van der Waals surface area contributed by atoms with Gasteiger partial charge in [-0.25, -0.2) is 9.97 Å². The number of morpholine rings is 1. The van der Waals surface area contributed by atoms with Crippen LogP contribution in [0.2, 0.25) is 0 Å². The predicted molar refractivity (Wildman–Crippen MR) is 119 cm³/mol. The Morgan fingerprint density at radius 2 is 1.79 bits per heavy atom. The van der Waals surface area contributed by atoms with Crippen LogP contribution in [-0.4, -0.2) is 36.3 Å². The van der Waals surface area contributed by atoms with Gasteiger partial charge in [-0.1, -0.05) is 36.5 Å². The first-order chi connectivity index (χ1) is 14.2. The van der Waals surface area contributed by atoms with Crippen molar-refractivity contribution in [1.82, 2.24) is 9.97 Å². The first-order valence-electron chi connectivity index (χ1n) is 9.64. The third-order valence-electron chi connectivity index (χ3n) is 4.82. The van der Waals surface area contributed by atoms with Gasteiger partial charge in [0.25, 0.3) is 0 Å². The Morgan fingerprint density at radius 3 is 2.48 bits per heavy atom. The van der Waals surface area contributed by atoms with E-state index in [4.69, 9.17) is 15.5 Å². The van der Waals surface area contributed by atoms with Crippen LogP contribution < -0.4 is 10.6 Å². The molecule has 2 N–H and O–H groups in total. The maximum atomic E-state index is 5.78. The largest absolute Gasteiger partial charge is 0.399 e. The number of nitrogen functional groups attached to an aromatic ring is 1. The molecule has 2 heterocycles. The molecule has 6 heteroatoms. The Bertz CT molecular complexity index is 967. The Kier molecular flexibility index (Phi) is 6.12. The molecule has 0 atom stereocenters. The molecule has 148 valence electrons. The Morgan fingerprint density at radius 1 is 1.07 bits per heavy atom. The smallest absolute Gasteiger partial charge is 0.133 e. The molecule has 0 amide bonds. The molecule has 2 aromatic carbocycles. The van der Waals surface area contributed by atoms with Gasteiger partial charge in [0.2, 0.25) is 0 Å². The zero-order valence-corrected chi connectivity index (χ0v) is 17.1. The van der Waals surface area contributed by atoms with Crippen molar-refractivity contribution in [3.63, 3.8) is 0 Å². The zero-order valence-electron chi connectivity index (χ0n) is 16.3. The van der Waals surface area contributed by atoms with Gasteiger partial charge in [0.15, 0.2) is 0 Å². The van der Waals surface area contributed by atoms with Crippen molar-refractivity contribution in [2.24, 2.45) is 0 Å². The molecule has 29 heavy (non-hydrogen) atoms. The summed E-state index contributed by atoms with van der Waals surface area (Å²) >= 11 is 1.60. The van der Waals surface area contributed by atoms with Crippen molar-refractivity contribution in [1.29, 1.82) is 0 Å². The summed E-state index contributed by atoms with van der Waals surface area (Å²) in [7, 11) is 0. The highest BCUT2D eigenvalue weighted by molar-refractivity contribution is 7.99. The van der Waals surface area contributed by atoms with Gasteiger partial charge in [-0.15, -0.1) is 0 Å². The van der Waals surface area contributed by atoms with E-state index in [0.717, 1.165) is 53.3 Å². The van der Waals surface area contributed by atoms with Crippen LogP contribution in [0.15, 0.2) is 71.2 Å². The summed E-state index contributed by atoms with van der Waals surface area (Å²) in [4.78, 5) is 12.8. The molecule has 0 saturated carbocycles. The summed E-state index contributed by atoms with van der Waals surface area (Å²) in [5.74, 6) is 0.799. The summed E-state index contributed by atoms with van der Waals surface area (Å²) in [5.41, 5.74) is 9.89. The molecule has 1 fully saturated rings. The van der Waals surface area contributed by atoms with Crippen LogP contribution in [0.1, 0.15) is 17.0 Å². The van der Waals surface area contributed by atoms with Crippen molar-refractivity contribution in [3.8, 4) is 0 Å². The lowest BCUT2D eigenvalue weighted by Crippen LogP contribution is -2.36. The maximum Gasteiger partial charge on any atom is 0.133 e. The van der Waals surface area contributed by atoms with Crippen LogP contribution >= 0.6 is 11.8 Å². The second-order valence-corrected chi connectivity index (χ2v) is 7.93. The highest BCUT2D eigenvalue weighted by atomic mass is 32.2. The number of hydrogen-bond donors (Lipinski definition) is 1. The number of nitrogens with zero attached hydrogens (tertiary/aromatic N) is 3. The maximum absolute atomic E-state index is 5.78. The molecule has 0 radical (unpaired) electrons. The topological polar surface area (TPSA) is 64.3 Å². The first-order valence-corrected chi connectivity index (χ1v) is 10.5. The molecule has 4 rings (SSSR count). The molecule has 1 aliphatic rings. The molecule has 1 aromatic heterocycles. The molecule has 0 unspecified atom stereocenters. The number of aromatic nitrogens is 2. The van der Waals surface area contributed by atoms with Crippen LogP contribution in [0.4, 0.5) is 11.4 Å². The van der Waals surface area contributed by atoms with Gasteiger partial charge in [-0.2, -0.15) is 0 Å². The molecular formula is C23H24N4OS. The van der Waals surface area contributed by atoms with Crippen molar-refractivity contribution in [3.05, 3.63) is 78.3 Å². The molecule has 0 spiro atoms. The van der Waals surface area contributed by atoms with Crippen LogP contribution in [0.3, 0.4) is 0 Å². The van der Waals surface area contributed by atoms with Gasteiger partial charge >= 0.3 is 0 Å². The molecule has 0 bridgehead atoms. The minimum absolute atomic E-state index is 0.691. The van der Waals surface area contributed by atoms with E-state index in [1.54, 1.807) is 17.8 Å². The number of anilines is 2. The van der Waals surface area contributed by atoms with E-state index in [0.29, 0.717) is 6.42 Å². The molecule has 1 saturated heterocycles. The predicted octanol–water partition coefficient (Wildman–Crippen LogP) is 4.28. The SMILES string of the molecule is C=Cc1cnc(Cc2ccc(N3CCOCC3)cc2)nc1Sc1ccc(N)cc1. The summed E-state index contributed by atoms with van der Waals surface area (Å²) in [6.45, 7) is 7.35. The monoisotopic (exact) mass is 404 g/mol. The van der Waals surface area contributed by atoms with E-state index in [2.05, 4.69) is 40.7 Å². The van der Waals surface area contributed by atoms with Crippen molar-refractivity contribution in [2.45, 2.75) is 16.3 Å². The van der Waals surface area contributed by atoms with Crippen LogP contribution in [-0.2, 0) is 11.2 Å². The van der Waals surface area contributed by atoms with Crippen LogP contribution in [0, 0.1) is 0 Å². The zero-order chi connectivity index (χ0) is 20.1. The number of ether oxygens (including phenoxy) is 1. The van der Waals surface area contributed by atoms with Gasteiger partial charge in [0, 0.05) is 47.5 Å². The Labute approximate surface area is 175 Å². The van der Waals surface area contributed by atoms with Crippen LogP contribution in [0.5, 0.6) is 0 Å². The van der Waals surface area contributed by atoms with E-state index >= 15 is 0 Å². The van der Waals surface area contributed by atoms with Gasteiger partial charge in [-0.05, 0) is 42.0 Å². The number of rotatable bonds is 6. The van der Waals surface area contributed by atoms with Crippen LogP contribution in [0.25, 0.3) is 6.08 Å². The quantitative estimate of drug-likeness (QED) is 0.489. The fraction of sp³-hybridized carbons (Fsp3) is 0.217. The molecular weight excluding hydrogens is 380 g/mol. The number of nitrogens with two attached hydrogens (primary N) is 1. The lowest BCUT2D eigenvalue weighted by atomic mass is 10.1. The minimum atomic E-state index is 0.691. The molecule has 3 aromatic rings. The molecule has 0 aliphatic carbocycles. The van der Waals surface area contributed by atoms with Gasteiger partial charge in [0.05, 0.1) is 13.2 Å². The third kappa shape index (κ3) is 4.96. The first kappa shape index (κ1) is 19.5. The highest BCUT2D eigenvalue weighted by Gasteiger charge is 2.12. The van der Waals surface area contributed by atoms with E-state index in [1.165, 1.54) is 11.3 Å². The number of hydrogen-bond acceptors (Lipinski definition) is 6. The summed E-state index contributed by atoms with van der Waals surface area (Å²) in [6, 6.07) is 16.4. The van der Waals surface area contributed by atoms with Gasteiger partial charge < -0.3 is 15.4 Å². The summed E-state index contributed by atoms with van der Waals surface area (Å²) < 4.78 is 5.43. The third-order valence-corrected chi connectivity index (χ3v) is 5.85. The van der Waals surface area contributed by atoms with E-state index in [1.807, 2.05) is 30.5 Å². The molecule has 1 aliphatic heterocycles. The summed E-state index contributed by atoms with van der Waals surface area (Å²) in [6.07, 6.45) is 4.33. The lowest BCUT2D eigenvalue weighted by Gasteiger charge is -2.28. The minimum Gasteiger partial charge on any atom is -0.399 e. The standard InChI is InChI=1S/C23H24N4OS/c1-2-18-16-25-22(26-23(18)29-21-9-5-19(24)6-10-21)15-17-3-7-20(8-4-17)27-11-13-28-14-12-27/h2-10,16H,1,11-15,24H2. The average molecular weight is 405 g/mol. The Balaban J connectivity index is 1.49. The van der Waals surface area contributed by atoms with Crippen molar-refractivity contribution >= 4 is 29.2 Å². The second-order valence-electron chi connectivity index (χ2n) is 6.86. The number of benzene rings is 2. The normalized spacial score (nSPS) is 14.0. The lowest BCUT2D eigenvalue weighted by molar-refractivity contribution is 0.122. The fourth-order valence-electron chi connectivity index (χ4n) is 3.19. The van der Waals surface area contributed by atoms with Gasteiger partial charge in [0.1, 0.15) is 10.9 Å².